The molecule has 2 aromatic carbocycles. The average molecular weight is 273 g/mol. The molecule has 0 aliphatic heterocycles. The van der Waals surface area contributed by atoms with Crippen LogP contribution < -0.4 is 10.1 Å². The Morgan fingerprint density at radius 1 is 1.10 bits per heavy atom. The molecule has 0 amide bonds. The van der Waals surface area contributed by atoms with Crippen molar-refractivity contribution in [3.8, 4) is 5.75 Å². The van der Waals surface area contributed by atoms with Gasteiger partial charge >= 0.3 is 0 Å². The number of nitrogens with one attached hydrogen (secondary N) is 1. The summed E-state index contributed by atoms with van der Waals surface area (Å²) in [6.07, 6.45) is 1.14. The van der Waals surface area contributed by atoms with E-state index in [1.807, 2.05) is 24.3 Å². The third kappa shape index (κ3) is 3.95. The lowest BCUT2D eigenvalue weighted by molar-refractivity contribution is 0.0817. The number of methoxy groups -OCH3 is 1. The van der Waals surface area contributed by atoms with Crippen LogP contribution in [0.3, 0.4) is 0 Å². The molecule has 0 heterocycles. The Morgan fingerprint density at radius 3 is 2.70 bits per heavy atom. The Morgan fingerprint density at radius 2 is 1.90 bits per heavy atom. The molecule has 3 heteroatoms. The summed E-state index contributed by atoms with van der Waals surface area (Å²) in [5.74, 6) is 0.920. The van der Waals surface area contributed by atoms with Crippen LogP contribution in [0.4, 0.5) is 0 Å². The van der Waals surface area contributed by atoms with E-state index in [-0.39, 0.29) is 6.10 Å². The summed E-state index contributed by atoms with van der Waals surface area (Å²) in [5, 5.41) is 5.73. The molecule has 1 atom stereocenters. The van der Waals surface area contributed by atoms with Crippen molar-refractivity contribution >= 4 is 10.8 Å². The number of hydrogen-bond acceptors (Lipinski definition) is 3. The van der Waals surface area contributed by atoms with E-state index < -0.39 is 0 Å². The second-order valence-corrected chi connectivity index (χ2v) is 4.88. The predicted molar refractivity (Wildman–Crippen MR) is 83.4 cm³/mol. The van der Waals surface area contributed by atoms with Gasteiger partial charge in [0, 0.05) is 19.0 Å². The van der Waals surface area contributed by atoms with Gasteiger partial charge in [0.05, 0.1) is 6.61 Å². The smallest absolute Gasteiger partial charge is 0.134 e. The molecule has 0 aliphatic rings. The van der Waals surface area contributed by atoms with Crippen LogP contribution in [0.15, 0.2) is 42.5 Å². The van der Waals surface area contributed by atoms with E-state index in [4.69, 9.17) is 9.47 Å². The molecule has 0 aliphatic carbocycles. The van der Waals surface area contributed by atoms with E-state index in [9.17, 15) is 0 Å². The first-order valence-electron chi connectivity index (χ1n) is 7.19. The van der Waals surface area contributed by atoms with Gasteiger partial charge in [-0.1, -0.05) is 43.3 Å². The molecule has 0 saturated carbocycles. The van der Waals surface area contributed by atoms with E-state index >= 15 is 0 Å². The first-order chi connectivity index (χ1) is 9.85. The van der Waals surface area contributed by atoms with Gasteiger partial charge in [0.15, 0.2) is 0 Å². The van der Waals surface area contributed by atoms with E-state index in [1.54, 1.807) is 7.11 Å². The fourth-order valence-corrected chi connectivity index (χ4v) is 2.24. The van der Waals surface area contributed by atoms with Crippen LogP contribution in [0.1, 0.15) is 13.3 Å². The van der Waals surface area contributed by atoms with Gasteiger partial charge < -0.3 is 14.8 Å². The highest BCUT2D eigenvalue weighted by Gasteiger charge is 2.11. The standard InChI is InChI=1S/C17H23NO2/c1-3-11-18-12-15(13-19-2)20-17-10-6-8-14-7-4-5-9-16(14)17/h4-10,15,18H,3,11-13H2,1-2H3. The number of rotatable bonds is 8. The SMILES string of the molecule is CCCNCC(COC)Oc1cccc2ccccc12. The number of hydrogen-bond donors (Lipinski definition) is 1. The molecule has 0 aromatic heterocycles. The highest BCUT2D eigenvalue weighted by Crippen LogP contribution is 2.25. The summed E-state index contributed by atoms with van der Waals surface area (Å²) >= 11 is 0. The zero-order valence-electron chi connectivity index (χ0n) is 12.3. The van der Waals surface area contributed by atoms with Crippen molar-refractivity contribution < 1.29 is 9.47 Å². The lowest BCUT2D eigenvalue weighted by Crippen LogP contribution is -2.35. The normalized spacial score (nSPS) is 12.5. The Hall–Kier alpha value is -1.58. The van der Waals surface area contributed by atoms with E-state index in [1.165, 1.54) is 5.39 Å². The molecule has 1 unspecified atom stereocenters. The zero-order chi connectivity index (χ0) is 14.2. The minimum atomic E-state index is 0.0253. The second-order valence-electron chi connectivity index (χ2n) is 4.88. The van der Waals surface area contributed by atoms with Crippen molar-refractivity contribution in [3.63, 3.8) is 0 Å². The van der Waals surface area contributed by atoms with Gasteiger partial charge in [-0.15, -0.1) is 0 Å². The van der Waals surface area contributed by atoms with Gasteiger partial charge in [-0.25, -0.2) is 0 Å². The lowest BCUT2D eigenvalue weighted by atomic mass is 10.1. The fourth-order valence-electron chi connectivity index (χ4n) is 2.24. The summed E-state index contributed by atoms with van der Waals surface area (Å²) in [5.41, 5.74) is 0. The molecule has 0 bridgehead atoms. The van der Waals surface area contributed by atoms with E-state index in [0.717, 1.165) is 30.6 Å². The highest BCUT2D eigenvalue weighted by atomic mass is 16.5. The average Bonchev–Trinajstić information content (AvgIpc) is 2.48. The molecule has 20 heavy (non-hydrogen) atoms. The highest BCUT2D eigenvalue weighted by molar-refractivity contribution is 5.88. The topological polar surface area (TPSA) is 30.5 Å². The third-order valence-corrected chi connectivity index (χ3v) is 3.19. The van der Waals surface area contributed by atoms with Crippen molar-refractivity contribution in [1.29, 1.82) is 0 Å². The summed E-state index contributed by atoms with van der Waals surface area (Å²) in [7, 11) is 1.71. The molecule has 0 fully saturated rings. The van der Waals surface area contributed by atoms with Crippen molar-refractivity contribution in [2.45, 2.75) is 19.4 Å². The maximum Gasteiger partial charge on any atom is 0.134 e. The minimum Gasteiger partial charge on any atom is -0.486 e. The van der Waals surface area contributed by atoms with Crippen LogP contribution in [-0.2, 0) is 4.74 Å². The van der Waals surface area contributed by atoms with Crippen LogP contribution in [0.25, 0.3) is 10.8 Å². The summed E-state index contributed by atoms with van der Waals surface area (Å²) < 4.78 is 11.4. The summed E-state index contributed by atoms with van der Waals surface area (Å²) in [6.45, 7) is 4.54. The van der Waals surface area contributed by atoms with Crippen molar-refractivity contribution in [2.24, 2.45) is 0 Å². The van der Waals surface area contributed by atoms with E-state index in [0.29, 0.717) is 6.61 Å². The van der Waals surface area contributed by atoms with Crippen molar-refractivity contribution in [1.82, 2.24) is 5.32 Å². The maximum atomic E-state index is 6.13. The van der Waals surface area contributed by atoms with Crippen LogP contribution in [0, 0.1) is 0 Å². The zero-order valence-corrected chi connectivity index (χ0v) is 12.3. The van der Waals surface area contributed by atoms with E-state index in [2.05, 4.69) is 30.4 Å². The fraction of sp³-hybridized carbons (Fsp3) is 0.412. The van der Waals surface area contributed by atoms with Gasteiger partial charge in [-0.05, 0) is 24.4 Å². The Kier molecular flexibility index (Phi) is 5.84. The van der Waals surface area contributed by atoms with Gasteiger partial charge in [0.1, 0.15) is 11.9 Å². The molecule has 2 rings (SSSR count). The Labute approximate surface area is 120 Å². The van der Waals surface area contributed by atoms with Crippen LogP contribution in [0.5, 0.6) is 5.75 Å². The maximum absolute atomic E-state index is 6.13. The molecule has 0 spiro atoms. The molecule has 3 nitrogen and oxygen atoms in total. The molecule has 0 radical (unpaired) electrons. The van der Waals surface area contributed by atoms with Crippen LogP contribution in [-0.4, -0.2) is 32.9 Å². The number of ether oxygens (including phenoxy) is 2. The molecule has 108 valence electrons. The quantitative estimate of drug-likeness (QED) is 0.749. The van der Waals surface area contributed by atoms with Crippen molar-refractivity contribution in [2.75, 3.05) is 26.8 Å². The summed E-state index contributed by atoms with van der Waals surface area (Å²) in [6, 6.07) is 14.4. The van der Waals surface area contributed by atoms with Gasteiger partial charge in [-0.3, -0.25) is 0 Å². The number of fused-ring (bicyclic) bond motifs is 1. The lowest BCUT2D eigenvalue weighted by Gasteiger charge is -2.20. The molecule has 1 N–H and O–H groups in total. The Balaban J connectivity index is 2.11. The summed E-state index contributed by atoms with van der Waals surface area (Å²) in [4.78, 5) is 0. The largest absolute Gasteiger partial charge is 0.486 e. The molecule has 2 aromatic rings. The first kappa shape index (κ1) is 14.8. The van der Waals surface area contributed by atoms with Gasteiger partial charge in [0.2, 0.25) is 0 Å². The molecular weight excluding hydrogens is 250 g/mol. The van der Waals surface area contributed by atoms with Crippen LogP contribution >= 0.6 is 0 Å². The predicted octanol–water partition coefficient (Wildman–Crippen LogP) is 3.23. The Bertz CT molecular complexity index is 522. The first-order valence-corrected chi connectivity index (χ1v) is 7.19. The van der Waals surface area contributed by atoms with Crippen LogP contribution in [0.2, 0.25) is 0 Å². The third-order valence-electron chi connectivity index (χ3n) is 3.19. The number of benzene rings is 2. The van der Waals surface area contributed by atoms with Crippen molar-refractivity contribution in [3.05, 3.63) is 42.5 Å². The van der Waals surface area contributed by atoms with Gasteiger partial charge in [0.25, 0.3) is 0 Å². The van der Waals surface area contributed by atoms with Gasteiger partial charge in [-0.2, -0.15) is 0 Å². The second kappa shape index (κ2) is 7.88. The molecular formula is C17H23NO2. The monoisotopic (exact) mass is 273 g/mol. The molecule has 0 saturated heterocycles. The minimum absolute atomic E-state index is 0.0253.